The van der Waals surface area contributed by atoms with Gasteiger partial charge in [-0.3, -0.25) is 0 Å². The fourth-order valence-corrected chi connectivity index (χ4v) is 2.52. The highest BCUT2D eigenvalue weighted by Crippen LogP contribution is 2.50. The Morgan fingerprint density at radius 1 is 1.29 bits per heavy atom. The summed E-state index contributed by atoms with van der Waals surface area (Å²) in [5, 5.41) is 0.563. The molecule has 1 saturated carbocycles. The van der Waals surface area contributed by atoms with Gasteiger partial charge in [-0.05, 0) is 30.9 Å². The van der Waals surface area contributed by atoms with Gasteiger partial charge in [0.05, 0.1) is 19.2 Å². The summed E-state index contributed by atoms with van der Waals surface area (Å²) in [5.74, 6) is 1.31. The van der Waals surface area contributed by atoms with Gasteiger partial charge >= 0.3 is 0 Å². The standard InChI is InChI=1S/C13H18ClNO2/c1-4-8-9(13(15)5-6-13)7-10(14)12(17-3)11(8)16-2/h7H,4-6,15H2,1-3H3. The predicted molar refractivity (Wildman–Crippen MR) is 69.0 cm³/mol. The number of hydrogen-bond donors (Lipinski definition) is 1. The molecular formula is C13H18ClNO2. The minimum Gasteiger partial charge on any atom is -0.493 e. The van der Waals surface area contributed by atoms with Crippen LogP contribution in [0.5, 0.6) is 11.5 Å². The van der Waals surface area contributed by atoms with Crippen LogP contribution in [0.15, 0.2) is 6.07 Å². The lowest BCUT2D eigenvalue weighted by Gasteiger charge is -2.20. The van der Waals surface area contributed by atoms with Crippen molar-refractivity contribution in [2.45, 2.75) is 31.7 Å². The van der Waals surface area contributed by atoms with Crippen molar-refractivity contribution in [3.05, 3.63) is 22.2 Å². The Morgan fingerprint density at radius 2 is 1.88 bits per heavy atom. The van der Waals surface area contributed by atoms with Crippen molar-refractivity contribution in [2.24, 2.45) is 5.73 Å². The first kappa shape index (κ1) is 12.5. The molecule has 1 aromatic rings. The fraction of sp³-hybridized carbons (Fsp3) is 0.538. The van der Waals surface area contributed by atoms with Crippen LogP contribution in [0, 0.1) is 0 Å². The number of ether oxygens (including phenoxy) is 2. The van der Waals surface area contributed by atoms with E-state index in [4.69, 9.17) is 26.8 Å². The Balaban J connectivity index is 2.65. The monoisotopic (exact) mass is 255 g/mol. The van der Waals surface area contributed by atoms with Gasteiger partial charge in [0.2, 0.25) is 0 Å². The van der Waals surface area contributed by atoms with Crippen LogP contribution in [-0.4, -0.2) is 14.2 Å². The largest absolute Gasteiger partial charge is 0.493 e. The Morgan fingerprint density at radius 3 is 2.29 bits per heavy atom. The Labute approximate surface area is 107 Å². The molecule has 1 aromatic carbocycles. The van der Waals surface area contributed by atoms with Gasteiger partial charge in [-0.1, -0.05) is 18.5 Å². The summed E-state index contributed by atoms with van der Waals surface area (Å²) in [6, 6.07) is 1.93. The maximum absolute atomic E-state index is 6.27. The number of nitrogens with two attached hydrogens (primary N) is 1. The van der Waals surface area contributed by atoms with Gasteiger partial charge in [-0.25, -0.2) is 0 Å². The molecule has 17 heavy (non-hydrogen) atoms. The highest BCUT2D eigenvalue weighted by atomic mass is 35.5. The summed E-state index contributed by atoms with van der Waals surface area (Å²) < 4.78 is 10.7. The third-order valence-corrected chi connectivity index (χ3v) is 3.66. The molecule has 1 aliphatic carbocycles. The average Bonchev–Trinajstić information content (AvgIpc) is 3.06. The molecule has 4 heteroatoms. The van der Waals surface area contributed by atoms with E-state index in [0.29, 0.717) is 16.5 Å². The van der Waals surface area contributed by atoms with Crippen molar-refractivity contribution in [1.82, 2.24) is 0 Å². The van der Waals surface area contributed by atoms with Crippen LogP contribution >= 0.6 is 11.6 Å². The first-order valence-corrected chi connectivity index (χ1v) is 6.18. The molecule has 0 spiro atoms. The first-order chi connectivity index (χ1) is 8.07. The number of halogens is 1. The Bertz CT molecular complexity index is 442. The molecule has 0 unspecified atom stereocenters. The summed E-state index contributed by atoms with van der Waals surface area (Å²) in [6.45, 7) is 2.08. The lowest BCUT2D eigenvalue weighted by Crippen LogP contribution is -2.21. The summed E-state index contributed by atoms with van der Waals surface area (Å²) >= 11 is 6.22. The van der Waals surface area contributed by atoms with Gasteiger partial charge in [0, 0.05) is 11.1 Å². The van der Waals surface area contributed by atoms with E-state index in [-0.39, 0.29) is 5.54 Å². The number of methoxy groups -OCH3 is 2. The van der Waals surface area contributed by atoms with Crippen LogP contribution in [0.1, 0.15) is 30.9 Å². The van der Waals surface area contributed by atoms with Crippen LogP contribution in [0.4, 0.5) is 0 Å². The third-order valence-electron chi connectivity index (χ3n) is 3.38. The van der Waals surface area contributed by atoms with E-state index >= 15 is 0 Å². The average molecular weight is 256 g/mol. The zero-order chi connectivity index (χ0) is 12.6. The van der Waals surface area contributed by atoms with Gasteiger partial charge in [-0.2, -0.15) is 0 Å². The molecule has 0 heterocycles. The molecule has 0 atom stereocenters. The lowest BCUT2D eigenvalue weighted by molar-refractivity contribution is 0.351. The smallest absolute Gasteiger partial charge is 0.179 e. The topological polar surface area (TPSA) is 44.5 Å². The minimum absolute atomic E-state index is 0.214. The maximum Gasteiger partial charge on any atom is 0.179 e. The number of rotatable bonds is 4. The Kier molecular flexibility index (Phi) is 3.23. The molecule has 0 amide bonds. The van der Waals surface area contributed by atoms with E-state index in [1.54, 1.807) is 14.2 Å². The molecule has 1 aliphatic rings. The van der Waals surface area contributed by atoms with E-state index in [9.17, 15) is 0 Å². The molecule has 0 radical (unpaired) electrons. The molecule has 2 N–H and O–H groups in total. The van der Waals surface area contributed by atoms with Gasteiger partial charge in [0.25, 0.3) is 0 Å². The SMILES string of the molecule is CCc1c(C2(N)CC2)cc(Cl)c(OC)c1OC. The molecule has 94 valence electrons. The number of hydrogen-bond acceptors (Lipinski definition) is 3. The van der Waals surface area contributed by atoms with Crippen LogP contribution in [-0.2, 0) is 12.0 Å². The van der Waals surface area contributed by atoms with Crippen LogP contribution in [0.25, 0.3) is 0 Å². The molecule has 0 aliphatic heterocycles. The van der Waals surface area contributed by atoms with Crippen LogP contribution < -0.4 is 15.2 Å². The van der Waals surface area contributed by atoms with Crippen LogP contribution in [0.2, 0.25) is 5.02 Å². The van der Waals surface area contributed by atoms with Gasteiger partial charge in [-0.15, -0.1) is 0 Å². The molecule has 3 nitrogen and oxygen atoms in total. The molecule has 0 bridgehead atoms. The summed E-state index contributed by atoms with van der Waals surface area (Å²) in [4.78, 5) is 0. The number of benzene rings is 1. The van der Waals surface area contributed by atoms with Gasteiger partial charge < -0.3 is 15.2 Å². The van der Waals surface area contributed by atoms with Crippen LogP contribution in [0.3, 0.4) is 0 Å². The summed E-state index contributed by atoms with van der Waals surface area (Å²) in [6.07, 6.45) is 2.86. The second kappa shape index (κ2) is 4.39. The quantitative estimate of drug-likeness (QED) is 0.900. The zero-order valence-corrected chi connectivity index (χ0v) is 11.2. The van der Waals surface area contributed by atoms with E-state index in [1.807, 2.05) is 6.07 Å². The van der Waals surface area contributed by atoms with Crippen molar-refractivity contribution in [1.29, 1.82) is 0 Å². The predicted octanol–water partition coefficient (Wildman–Crippen LogP) is 2.87. The fourth-order valence-electron chi connectivity index (χ4n) is 2.25. The Hall–Kier alpha value is -0.930. The second-order valence-electron chi connectivity index (χ2n) is 4.46. The van der Waals surface area contributed by atoms with Crippen molar-refractivity contribution in [3.63, 3.8) is 0 Å². The molecule has 0 saturated heterocycles. The molecular weight excluding hydrogens is 238 g/mol. The molecule has 2 rings (SSSR count). The lowest BCUT2D eigenvalue weighted by atomic mass is 9.95. The van der Waals surface area contributed by atoms with E-state index in [1.165, 1.54) is 0 Å². The highest BCUT2D eigenvalue weighted by Gasteiger charge is 2.42. The van der Waals surface area contributed by atoms with E-state index in [0.717, 1.165) is 30.4 Å². The summed E-state index contributed by atoms with van der Waals surface area (Å²) in [5.41, 5.74) is 8.26. The molecule has 0 aromatic heterocycles. The third kappa shape index (κ3) is 1.98. The maximum atomic E-state index is 6.27. The van der Waals surface area contributed by atoms with Crippen molar-refractivity contribution in [2.75, 3.05) is 14.2 Å². The van der Waals surface area contributed by atoms with Gasteiger partial charge in [0.1, 0.15) is 0 Å². The molecule has 1 fully saturated rings. The van der Waals surface area contributed by atoms with Crippen molar-refractivity contribution >= 4 is 11.6 Å². The van der Waals surface area contributed by atoms with Crippen molar-refractivity contribution in [3.8, 4) is 11.5 Å². The van der Waals surface area contributed by atoms with E-state index < -0.39 is 0 Å². The van der Waals surface area contributed by atoms with E-state index in [2.05, 4.69) is 6.92 Å². The second-order valence-corrected chi connectivity index (χ2v) is 4.87. The normalized spacial score (nSPS) is 16.8. The summed E-state index contributed by atoms with van der Waals surface area (Å²) in [7, 11) is 3.23. The first-order valence-electron chi connectivity index (χ1n) is 5.80. The highest BCUT2D eigenvalue weighted by molar-refractivity contribution is 6.32. The minimum atomic E-state index is -0.214. The van der Waals surface area contributed by atoms with Gasteiger partial charge in [0.15, 0.2) is 11.5 Å². The van der Waals surface area contributed by atoms with Crippen molar-refractivity contribution < 1.29 is 9.47 Å². The zero-order valence-electron chi connectivity index (χ0n) is 10.5.